The van der Waals surface area contributed by atoms with Crippen molar-refractivity contribution < 1.29 is 23.9 Å². The van der Waals surface area contributed by atoms with Crippen LogP contribution in [-0.4, -0.2) is 35.2 Å². The lowest BCUT2D eigenvalue weighted by molar-refractivity contribution is -0.123. The zero-order chi connectivity index (χ0) is 26.4. The van der Waals surface area contributed by atoms with Crippen molar-refractivity contribution in [3.8, 4) is 11.5 Å². The maximum Gasteiger partial charge on any atom is 0.293 e. The lowest BCUT2D eigenvalue weighted by atomic mass is 10.1. The van der Waals surface area contributed by atoms with Crippen molar-refractivity contribution in [1.29, 1.82) is 0 Å². The molecule has 0 atom stereocenters. The fourth-order valence-electron chi connectivity index (χ4n) is 3.56. The van der Waals surface area contributed by atoms with Crippen LogP contribution in [0.1, 0.15) is 23.6 Å². The first kappa shape index (κ1) is 26.3. The molecule has 0 aromatic heterocycles. The Bertz CT molecular complexity index is 1360. The third-order valence-corrected chi connectivity index (χ3v) is 6.70. The molecule has 1 fully saturated rings. The van der Waals surface area contributed by atoms with Gasteiger partial charge in [-0.1, -0.05) is 53.6 Å². The van der Waals surface area contributed by atoms with Gasteiger partial charge >= 0.3 is 0 Å². The predicted molar refractivity (Wildman–Crippen MR) is 146 cm³/mol. The van der Waals surface area contributed by atoms with E-state index in [1.807, 2.05) is 38.1 Å². The summed E-state index contributed by atoms with van der Waals surface area (Å²) in [6, 6.07) is 19.7. The molecule has 3 amide bonds. The van der Waals surface area contributed by atoms with Crippen LogP contribution in [-0.2, 0) is 16.1 Å². The van der Waals surface area contributed by atoms with E-state index in [4.69, 9.17) is 21.1 Å². The highest BCUT2D eigenvalue weighted by Gasteiger charge is 2.35. The Hall–Kier alpha value is -3.75. The number of nitrogens with one attached hydrogen (secondary N) is 1. The highest BCUT2D eigenvalue weighted by atomic mass is 35.5. The quantitative estimate of drug-likeness (QED) is 0.323. The Labute approximate surface area is 224 Å². The summed E-state index contributed by atoms with van der Waals surface area (Å²) in [5.41, 5.74) is 3.13. The van der Waals surface area contributed by atoms with Crippen molar-refractivity contribution in [3.05, 3.63) is 93.3 Å². The van der Waals surface area contributed by atoms with Crippen LogP contribution in [0.25, 0.3) is 6.08 Å². The minimum Gasteiger partial charge on any atom is -0.490 e. The van der Waals surface area contributed by atoms with Crippen molar-refractivity contribution in [2.75, 3.05) is 18.5 Å². The van der Waals surface area contributed by atoms with Gasteiger partial charge < -0.3 is 14.8 Å². The van der Waals surface area contributed by atoms with Crippen LogP contribution in [0, 0.1) is 6.92 Å². The highest BCUT2D eigenvalue weighted by molar-refractivity contribution is 8.18. The Morgan fingerprint density at radius 2 is 1.78 bits per heavy atom. The van der Waals surface area contributed by atoms with Gasteiger partial charge in [0.15, 0.2) is 18.1 Å². The van der Waals surface area contributed by atoms with Gasteiger partial charge in [0.1, 0.15) is 0 Å². The molecule has 3 aromatic carbocycles. The number of imide groups is 1. The number of hydrogen-bond donors (Lipinski definition) is 1. The minimum atomic E-state index is -0.388. The molecule has 0 bridgehead atoms. The SMILES string of the molecule is CCOc1cc(/C=C2\SC(=O)N(Cc3ccccc3Cl)C2=O)ccc1OCC(=O)Nc1ccc(C)cc1. The fraction of sp³-hybridized carbons (Fsp3) is 0.179. The minimum absolute atomic E-state index is 0.101. The first-order valence-corrected chi connectivity index (χ1v) is 12.8. The molecule has 190 valence electrons. The van der Waals surface area contributed by atoms with Gasteiger partial charge in [0, 0.05) is 10.7 Å². The van der Waals surface area contributed by atoms with Gasteiger partial charge in [-0.15, -0.1) is 0 Å². The van der Waals surface area contributed by atoms with Crippen LogP contribution >= 0.6 is 23.4 Å². The smallest absolute Gasteiger partial charge is 0.293 e. The molecule has 0 spiro atoms. The summed E-state index contributed by atoms with van der Waals surface area (Å²) in [5.74, 6) is 0.128. The zero-order valence-corrected chi connectivity index (χ0v) is 21.9. The fourth-order valence-corrected chi connectivity index (χ4v) is 4.60. The largest absolute Gasteiger partial charge is 0.490 e. The molecule has 3 aromatic rings. The van der Waals surface area contributed by atoms with Crippen molar-refractivity contribution in [1.82, 2.24) is 4.90 Å². The monoisotopic (exact) mass is 536 g/mol. The number of nitrogens with zero attached hydrogens (tertiary/aromatic N) is 1. The third-order valence-electron chi connectivity index (χ3n) is 5.42. The number of hydrogen-bond acceptors (Lipinski definition) is 6. The number of carbonyl (C=O) groups excluding carboxylic acids is 3. The number of benzene rings is 3. The second-order valence-electron chi connectivity index (χ2n) is 8.20. The molecule has 1 aliphatic heterocycles. The average Bonchev–Trinajstić information content (AvgIpc) is 3.13. The average molecular weight is 537 g/mol. The van der Waals surface area contributed by atoms with E-state index in [-0.39, 0.29) is 30.2 Å². The summed E-state index contributed by atoms with van der Waals surface area (Å²) in [5, 5.41) is 2.92. The number of rotatable bonds is 9. The number of carbonyl (C=O) groups is 3. The molecule has 0 aliphatic carbocycles. The summed E-state index contributed by atoms with van der Waals surface area (Å²) in [6.07, 6.45) is 1.63. The van der Waals surface area contributed by atoms with E-state index >= 15 is 0 Å². The second-order valence-corrected chi connectivity index (χ2v) is 9.60. The lowest BCUT2D eigenvalue weighted by Gasteiger charge is -2.14. The Balaban J connectivity index is 1.44. The van der Waals surface area contributed by atoms with Crippen LogP contribution in [0.3, 0.4) is 0 Å². The van der Waals surface area contributed by atoms with E-state index in [1.54, 1.807) is 48.5 Å². The van der Waals surface area contributed by atoms with E-state index in [1.165, 1.54) is 4.90 Å². The summed E-state index contributed by atoms with van der Waals surface area (Å²) in [6.45, 7) is 4.08. The second kappa shape index (κ2) is 12.0. The van der Waals surface area contributed by atoms with Crippen molar-refractivity contribution >= 4 is 52.2 Å². The summed E-state index contributed by atoms with van der Waals surface area (Å²) < 4.78 is 11.4. The zero-order valence-electron chi connectivity index (χ0n) is 20.3. The number of thioether (sulfide) groups is 1. The molecule has 0 unspecified atom stereocenters. The van der Waals surface area contributed by atoms with Gasteiger partial charge in [0.2, 0.25) is 0 Å². The normalized spacial score (nSPS) is 14.2. The van der Waals surface area contributed by atoms with Crippen LogP contribution in [0.4, 0.5) is 10.5 Å². The van der Waals surface area contributed by atoms with Crippen LogP contribution in [0.5, 0.6) is 11.5 Å². The molecule has 37 heavy (non-hydrogen) atoms. The molecular weight excluding hydrogens is 512 g/mol. The lowest BCUT2D eigenvalue weighted by Crippen LogP contribution is -2.27. The number of amides is 3. The van der Waals surface area contributed by atoms with E-state index in [0.717, 1.165) is 17.3 Å². The molecule has 0 radical (unpaired) electrons. The van der Waals surface area contributed by atoms with Gasteiger partial charge in [-0.25, -0.2) is 0 Å². The number of anilines is 1. The molecule has 4 rings (SSSR count). The number of aryl methyl sites for hydroxylation is 1. The van der Waals surface area contributed by atoms with E-state index in [9.17, 15) is 14.4 Å². The van der Waals surface area contributed by atoms with E-state index in [0.29, 0.717) is 44.8 Å². The van der Waals surface area contributed by atoms with Crippen LogP contribution in [0.2, 0.25) is 5.02 Å². The third kappa shape index (κ3) is 6.72. The van der Waals surface area contributed by atoms with Gasteiger partial charge in [0.05, 0.1) is 18.1 Å². The van der Waals surface area contributed by atoms with E-state index in [2.05, 4.69) is 5.32 Å². The molecule has 1 N–H and O–H groups in total. The number of halogens is 1. The summed E-state index contributed by atoms with van der Waals surface area (Å²) in [4.78, 5) is 39.2. The van der Waals surface area contributed by atoms with Crippen LogP contribution in [0.15, 0.2) is 71.6 Å². The molecule has 9 heteroatoms. The van der Waals surface area contributed by atoms with Gasteiger partial charge in [0.25, 0.3) is 17.1 Å². The molecule has 1 heterocycles. The van der Waals surface area contributed by atoms with Gasteiger partial charge in [-0.2, -0.15) is 0 Å². The number of ether oxygens (including phenoxy) is 2. The van der Waals surface area contributed by atoms with Gasteiger partial charge in [-0.3, -0.25) is 19.3 Å². The maximum absolute atomic E-state index is 12.9. The Morgan fingerprint density at radius 3 is 2.51 bits per heavy atom. The molecule has 7 nitrogen and oxygen atoms in total. The molecular formula is C28H25ClN2O5S. The van der Waals surface area contributed by atoms with E-state index < -0.39 is 0 Å². The standard InChI is InChI=1S/C28H25ClN2O5S/c1-3-35-24-14-19(10-13-23(24)36-17-26(32)30-21-11-8-18(2)9-12-21)15-25-27(33)31(28(34)37-25)16-20-6-4-5-7-22(20)29/h4-15H,3,16-17H2,1-2H3,(H,30,32)/b25-15-. The van der Waals surface area contributed by atoms with Gasteiger partial charge in [-0.05, 0) is 73.1 Å². The Kier molecular flexibility index (Phi) is 8.53. The van der Waals surface area contributed by atoms with Crippen molar-refractivity contribution in [2.24, 2.45) is 0 Å². The highest BCUT2D eigenvalue weighted by Crippen LogP contribution is 2.36. The predicted octanol–water partition coefficient (Wildman–Crippen LogP) is 6.30. The topological polar surface area (TPSA) is 84.9 Å². The molecule has 1 saturated heterocycles. The Morgan fingerprint density at radius 1 is 1.03 bits per heavy atom. The summed E-state index contributed by atoms with van der Waals surface area (Å²) in [7, 11) is 0. The van der Waals surface area contributed by atoms with Crippen molar-refractivity contribution in [3.63, 3.8) is 0 Å². The molecule has 0 saturated carbocycles. The first-order valence-electron chi connectivity index (χ1n) is 11.6. The molecule has 1 aliphatic rings. The summed E-state index contributed by atoms with van der Waals surface area (Å²) >= 11 is 7.07. The van der Waals surface area contributed by atoms with Crippen LogP contribution < -0.4 is 14.8 Å². The van der Waals surface area contributed by atoms with Crippen molar-refractivity contribution in [2.45, 2.75) is 20.4 Å². The first-order chi connectivity index (χ1) is 17.8. The maximum atomic E-state index is 12.9.